The molecule has 21 heavy (non-hydrogen) atoms. The average Bonchev–Trinajstić information content (AvgIpc) is 2.48. The highest BCUT2D eigenvalue weighted by Gasteiger charge is 2.19. The van der Waals surface area contributed by atoms with Crippen LogP contribution >= 0.6 is 11.6 Å². The number of ether oxygens (including phenoxy) is 1. The molecule has 0 aliphatic rings. The minimum Gasteiger partial charge on any atom is -0.435 e. The number of nitrogens with one attached hydrogen (secondary N) is 1. The van der Waals surface area contributed by atoms with Crippen LogP contribution in [0, 0.1) is 5.41 Å². The number of benzene rings is 1. The van der Waals surface area contributed by atoms with Gasteiger partial charge in [0.25, 0.3) is 0 Å². The van der Waals surface area contributed by atoms with E-state index in [9.17, 15) is 0 Å². The molecule has 0 aliphatic carbocycles. The Hall–Kier alpha value is -2.14. The Balaban J connectivity index is 2.54. The molecule has 1 heterocycles. The van der Waals surface area contributed by atoms with E-state index in [0.717, 1.165) is 17.7 Å². The van der Waals surface area contributed by atoms with Crippen LogP contribution in [0.5, 0.6) is 11.6 Å². The SMILES string of the molecule is CCc1nnc(Oc2ccccc2Cl)c(C(=N)N)c1CC. The Kier molecular flexibility index (Phi) is 4.75. The summed E-state index contributed by atoms with van der Waals surface area (Å²) in [5.74, 6) is 0.588. The molecule has 2 rings (SSSR count). The van der Waals surface area contributed by atoms with Gasteiger partial charge in [-0.15, -0.1) is 5.10 Å². The largest absolute Gasteiger partial charge is 0.435 e. The fraction of sp³-hybridized carbons (Fsp3) is 0.267. The van der Waals surface area contributed by atoms with E-state index in [-0.39, 0.29) is 11.7 Å². The van der Waals surface area contributed by atoms with Crippen molar-refractivity contribution < 1.29 is 4.74 Å². The first-order chi connectivity index (χ1) is 10.1. The minimum atomic E-state index is -0.0847. The predicted octanol–water partition coefficient (Wildman–Crippen LogP) is 3.33. The summed E-state index contributed by atoms with van der Waals surface area (Å²) < 4.78 is 5.72. The van der Waals surface area contributed by atoms with Crippen molar-refractivity contribution in [1.29, 1.82) is 5.41 Å². The molecule has 0 unspecified atom stereocenters. The summed E-state index contributed by atoms with van der Waals surface area (Å²) >= 11 is 6.08. The number of amidine groups is 1. The summed E-state index contributed by atoms with van der Waals surface area (Å²) in [4.78, 5) is 0. The molecule has 0 saturated heterocycles. The molecule has 2 aromatic rings. The maximum Gasteiger partial charge on any atom is 0.250 e. The van der Waals surface area contributed by atoms with E-state index in [2.05, 4.69) is 10.2 Å². The van der Waals surface area contributed by atoms with Gasteiger partial charge < -0.3 is 10.5 Å². The van der Waals surface area contributed by atoms with Gasteiger partial charge >= 0.3 is 0 Å². The quantitative estimate of drug-likeness (QED) is 0.655. The van der Waals surface area contributed by atoms with Gasteiger partial charge in [-0.2, -0.15) is 5.10 Å². The van der Waals surface area contributed by atoms with Gasteiger partial charge in [-0.05, 0) is 30.5 Å². The van der Waals surface area contributed by atoms with Gasteiger partial charge in [-0.3, -0.25) is 5.41 Å². The second-order valence-corrected chi connectivity index (χ2v) is 4.87. The van der Waals surface area contributed by atoms with E-state index in [4.69, 9.17) is 27.5 Å². The molecule has 0 fully saturated rings. The first-order valence-corrected chi connectivity index (χ1v) is 7.11. The maximum atomic E-state index is 7.81. The molecule has 6 heteroatoms. The normalized spacial score (nSPS) is 10.4. The smallest absolute Gasteiger partial charge is 0.250 e. The summed E-state index contributed by atoms with van der Waals surface area (Å²) in [5, 5.41) is 16.5. The number of para-hydroxylation sites is 1. The lowest BCUT2D eigenvalue weighted by atomic mass is 10.0. The molecule has 5 nitrogen and oxygen atoms in total. The van der Waals surface area contributed by atoms with Crippen LogP contribution in [-0.4, -0.2) is 16.0 Å². The fourth-order valence-electron chi connectivity index (χ4n) is 2.14. The van der Waals surface area contributed by atoms with Crippen molar-refractivity contribution >= 4 is 17.4 Å². The Morgan fingerprint density at radius 2 is 1.95 bits per heavy atom. The number of hydrogen-bond acceptors (Lipinski definition) is 4. The summed E-state index contributed by atoms with van der Waals surface area (Å²) in [7, 11) is 0. The van der Waals surface area contributed by atoms with Gasteiger partial charge in [0.15, 0.2) is 0 Å². The Morgan fingerprint density at radius 3 is 2.52 bits per heavy atom. The highest BCUT2D eigenvalue weighted by molar-refractivity contribution is 6.32. The minimum absolute atomic E-state index is 0.0847. The maximum absolute atomic E-state index is 7.81. The number of nitrogens with zero attached hydrogens (tertiary/aromatic N) is 2. The zero-order valence-corrected chi connectivity index (χ0v) is 12.7. The number of aryl methyl sites for hydroxylation is 1. The molecule has 0 aliphatic heterocycles. The summed E-state index contributed by atoms with van der Waals surface area (Å²) in [6, 6.07) is 7.07. The average molecular weight is 305 g/mol. The van der Waals surface area contributed by atoms with Crippen molar-refractivity contribution in [1.82, 2.24) is 10.2 Å². The van der Waals surface area contributed by atoms with Crippen molar-refractivity contribution in [2.45, 2.75) is 26.7 Å². The van der Waals surface area contributed by atoms with Gasteiger partial charge in [-0.1, -0.05) is 37.6 Å². The Bertz CT molecular complexity index is 673. The highest BCUT2D eigenvalue weighted by atomic mass is 35.5. The lowest BCUT2D eigenvalue weighted by molar-refractivity contribution is 0.451. The summed E-state index contributed by atoms with van der Waals surface area (Å²) in [6.07, 6.45) is 1.43. The van der Waals surface area contributed by atoms with Gasteiger partial charge in [0.1, 0.15) is 11.6 Å². The number of aromatic nitrogens is 2. The summed E-state index contributed by atoms with van der Waals surface area (Å²) in [6.45, 7) is 3.98. The second-order valence-electron chi connectivity index (χ2n) is 4.46. The zero-order chi connectivity index (χ0) is 15.4. The molecular weight excluding hydrogens is 288 g/mol. The van der Waals surface area contributed by atoms with Gasteiger partial charge in [0.2, 0.25) is 5.88 Å². The third-order valence-electron chi connectivity index (χ3n) is 3.13. The second kappa shape index (κ2) is 6.54. The molecule has 0 amide bonds. The van der Waals surface area contributed by atoms with Crippen LogP contribution in [0.4, 0.5) is 0 Å². The highest BCUT2D eigenvalue weighted by Crippen LogP contribution is 2.31. The molecule has 0 bridgehead atoms. The van der Waals surface area contributed by atoms with Crippen LogP contribution in [0.15, 0.2) is 24.3 Å². The third-order valence-corrected chi connectivity index (χ3v) is 3.44. The van der Waals surface area contributed by atoms with Crippen LogP contribution in [0.25, 0.3) is 0 Å². The molecule has 1 aromatic heterocycles. The first kappa shape index (κ1) is 15.3. The van der Waals surface area contributed by atoms with E-state index in [1.165, 1.54) is 0 Å². The zero-order valence-electron chi connectivity index (χ0n) is 12.0. The van der Waals surface area contributed by atoms with Crippen LogP contribution in [0.3, 0.4) is 0 Å². The van der Waals surface area contributed by atoms with E-state index < -0.39 is 0 Å². The molecule has 0 radical (unpaired) electrons. The van der Waals surface area contributed by atoms with Crippen molar-refractivity contribution in [3.8, 4) is 11.6 Å². The van der Waals surface area contributed by atoms with Crippen molar-refractivity contribution in [3.63, 3.8) is 0 Å². The van der Waals surface area contributed by atoms with Crippen LogP contribution in [-0.2, 0) is 12.8 Å². The third kappa shape index (κ3) is 3.13. The van der Waals surface area contributed by atoms with Crippen molar-refractivity contribution in [3.05, 3.63) is 46.1 Å². The van der Waals surface area contributed by atoms with Crippen LogP contribution < -0.4 is 10.5 Å². The summed E-state index contributed by atoms with van der Waals surface area (Å²) in [5.41, 5.74) is 7.92. The molecule has 3 N–H and O–H groups in total. The lowest BCUT2D eigenvalue weighted by Crippen LogP contribution is -2.18. The number of hydrogen-bond donors (Lipinski definition) is 2. The monoisotopic (exact) mass is 304 g/mol. The van der Waals surface area contributed by atoms with E-state index in [1.54, 1.807) is 12.1 Å². The topological polar surface area (TPSA) is 84.9 Å². The Morgan fingerprint density at radius 1 is 1.24 bits per heavy atom. The molecule has 0 saturated carbocycles. The van der Waals surface area contributed by atoms with Gasteiger partial charge in [0.05, 0.1) is 16.3 Å². The molecular formula is C15H17ClN4O. The predicted molar refractivity (Wildman–Crippen MR) is 83.3 cm³/mol. The standard InChI is InChI=1S/C15H17ClN4O/c1-3-9-11(4-2)19-20-15(13(9)14(17)18)21-12-8-6-5-7-10(12)16/h5-8H,3-4H2,1-2H3,(H3,17,18). The lowest BCUT2D eigenvalue weighted by Gasteiger charge is -2.15. The van der Waals surface area contributed by atoms with Crippen LogP contribution in [0.1, 0.15) is 30.7 Å². The van der Waals surface area contributed by atoms with Gasteiger partial charge in [-0.25, -0.2) is 0 Å². The molecule has 0 spiro atoms. The number of nitrogens with two attached hydrogens (primary N) is 1. The molecule has 1 aromatic carbocycles. The fourth-order valence-corrected chi connectivity index (χ4v) is 2.31. The Labute approximate surface area is 128 Å². The van der Waals surface area contributed by atoms with Crippen molar-refractivity contribution in [2.75, 3.05) is 0 Å². The van der Waals surface area contributed by atoms with Crippen molar-refractivity contribution in [2.24, 2.45) is 5.73 Å². The van der Waals surface area contributed by atoms with Gasteiger partial charge in [0, 0.05) is 0 Å². The van der Waals surface area contributed by atoms with E-state index in [0.29, 0.717) is 22.8 Å². The number of halogens is 1. The van der Waals surface area contributed by atoms with E-state index >= 15 is 0 Å². The van der Waals surface area contributed by atoms with E-state index in [1.807, 2.05) is 26.0 Å². The number of nitrogen functional groups attached to an aromatic ring is 1. The first-order valence-electron chi connectivity index (χ1n) is 6.73. The number of rotatable bonds is 5. The molecule has 110 valence electrons. The van der Waals surface area contributed by atoms with Crippen LogP contribution in [0.2, 0.25) is 5.02 Å². The molecule has 0 atom stereocenters.